The van der Waals surface area contributed by atoms with Gasteiger partial charge in [-0.25, -0.2) is 0 Å². The molecule has 0 aliphatic carbocycles. The predicted octanol–water partition coefficient (Wildman–Crippen LogP) is 3.14. The normalized spacial score (nSPS) is 10.6. The fraction of sp³-hybridized carbons (Fsp3) is 0.158. The lowest BCUT2D eigenvalue weighted by atomic mass is 10.2. The van der Waals surface area contributed by atoms with Crippen LogP contribution in [0.3, 0.4) is 0 Å². The number of anilines is 1. The topological polar surface area (TPSA) is 74.1 Å². The molecule has 0 saturated carbocycles. The van der Waals surface area contributed by atoms with Crippen LogP contribution in [0, 0.1) is 18.3 Å². The van der Waals surface area contributed by atoms with E-state index in [1.807, 2.05) is 61.5 Å². The van der Waals surface area contributed by atoms with Crippen molar-refractivity contribution in [3.63, 3.8) is 0 Å². The maximum absolute atomic E-state index is 12.1. The van der Waals surface area contributed by atoms with E-state index >= 15 is 0 Å². The van der Waals surface area contributed by atoms with Crippen molar-refractivity contribution in [1.82, 2.24) is 5.32 Å². The molecule has 0 heterocycles. The highest BCUT2D eigenvalue weighted by molar-refractivity contribution is 5.97. The summed E-state index contributed by atoms with van der Waals surface area (Å²) >= 11 is 0. The highest BCUT2D eigenvalue weighted by Gasteiger charge is 2.09. The quantitative estimate of drug-likeness (QED) is 0.633. The van der Waals surface area contributed by atoms with Gasteiger partial charge in [0.2, 0.25) is 0 Å². The van der Waals surface area contributed by atoms with Crippen LogP contribution in [0.2, 0.25) is 0 Å². The van der Waals surface area contributed by atoms with Gasteiger partial charge in [0, 0.05) is 12.7 Å². The molecule has 0 unspecified atom stereocenters. The number of hydrogen-bond acceptors (Lipinski definition) is 4. The van der Waals surface area contributed by atoms with E-state index in [2.05, 4.69) is 10.6 Å². The summed E-state index contributed by atoms with van der Waals surface area (Å²) < 4.78 is 5.26. The van der Waals surface area contributed by atoms with Crippen molar-refractivity contribution in [2.75, 3.05) is 12.4 Å². The Morgan fingerprint density at radius 3 is 2.67 bits per heavy atom. The monoisotopic (exact) mass is 321 g/mol. The summed E-state index contributed by atoms with van der Waals surface area (Å²) in [5.41, 5.74) is 2.70. The van der Waals surface area contributed by atoms with E-state index < -0.39 is 5.91 Å². The van der Waals surface area contributed by atoms with E-state index in [0.29, 0.717) is 18.0 Å². The van der Waals surface area contributed by atoms with Crippen LogP contribution >= 0.6 is 0 Å². The van der Waals surface area contributed by atoms with Crippen molar-refractivity contribution in [3.8, 4) is 11.8 Å². The van der Waals surface area contributed by atoms with Crippen LogP contribution in [0.15, 0.2) is 60.3 Å². The molecule has 0 atom stereocenters. The van der Waals surface area contributed by atoms with Gasteiger partial charge in [0.15, 0.2) is 0 Å². The molecule has 0 aliphatic heterocycles. The molecule has 1 amide bonds. The maximum atomic E-state index is 12.1. The van der Waals surface area contributed by atoms with Gasteiger partial charge >= 0.3 is 0 Å². The van der Waals surface area contributed by atoms with Crippen LogP contribution in [0.25, 0.3) is 0 Å². The van der Waals surface area contributed by atoms with Crippen LogP contribution in [-0.2, 0) is 11.3 Å². The second kappa shape index (κ2) is 8.39. The van der Waals surface area contributed by atoms with Crippen LogP contribution in [0.4, 0.5) is 5.69 Å². The van der Waals surface area contributed by atoms with E-state index in [1.54, 1.807) is 7.11 Å². The summed E-state index contributed by atoms with van der Waals surface area (Å²) in [6, 6.07) is 17.1. The number of benzene rings is 2. The van der Waals surface area contributed by atoms with Crippen LogP contribution in [0.5, 0.6) is 5.75 Å². The second-order valence-electron chi connectivity index (χ2n) is 5.19. The third-order valence-electron chi connectivity index (χ3n) is 3.39. The second-order valence-corrected chi connectivity index (χ2v) is 5.19. The third-order valence-corrected chi connectivity index (χ3v) is 3.39. The minimum atomic E-state index is -0.430. The first-order valence-corrected chi connectivity index (χ1v) is 7.47. The zero-order valence-electron chi connectivity index (χ0n) is 13.7. The lowest BCUT2D eigenvalue weighted by Gasteiger charge is -2.10. The highest BCUT2D eigenvalue weighted by Crippen LogP contribution is 2.25. The Hall–Kier alpha value is -3.26. The van der Waals surface area contributed by atoms with E-state index in [-0.39, 0.29) is 5.57 Å². The zero-order valence-corrected chi connectivity index (χ0v) is 13.7. The first-order chi connectivity index (χ1) is 11.6. The minimum Gasteiger partial charge on any atom is -0.495 e. The van der Waals surface area contributed by atoms with Crippen molar-refractivity contribution >= 4 is 11.6 Å². The number of aryl methyl sites for hydroxylation is 1. The van der Waals surface area contributed by atoms with Gasteiger partial charge in [-0.15, -0.1) is 0 Å². The van der Waals surface area contributed by atoms with Crippen molar-refractivity contribution in [3.05, 3.63) is 71.4 Å². The number of nitrogens with one attached hydrogen (secondary N) is 2. The number of rotatable bonds is 6. The van der Waals surface area contributed by atoms with Crippen molar-refractivity contribution in [1.29, 1.82) is 5.26 Å². The SMILES string of the molecule is COc1ccc(C)cc1N/C=C(/C#N)C(=O)NCc1ccccc1. The number of hydrogen-bond donors (Lipinski definition) is 2. The molecule has 24 heavy (non-hydrogen) atoms. The molecule has 5 nitrogen and oxygen atoms in total. The van der Waals surface area contributed by atoms with E-state index in [0.717, 1.165) is 11.1 Å². The predicted molar refractivity (Wildman–Crippen MR) is 93.3 cm³/mol. The molecule has 2 rings (SSSR count). The fourth-order valence-electron chi connectivity index (χ4n) is 2.11. The third kappa shape index (κ3) is 4.62. The van der Waals surface area contributed by atoms with Gasteiger partial charge in [-0.05, 0) is 30.2 Å². The molecule has 0 radical (unpaired) electrons. The Morgan fingerprint density at radius 2 is 2.00 bits per heavy atom. The number of amides is 1. The molecule has 0 fully saturated rings. The van der Waals surface area contributed by atoms with Gasteiger partial charge < -0.3 is 15.4 Å². The van der Waals surface area contributed by atoms with Crippen molar-refractivity contribution in [2.45, 2.75) is 13.5 Å². The van der Waals surface area contributed by atoms with Crippen LogP contribution < -0.4 is 15.4 Å². The molecule has 2 aromatic rings. The summed E-state index contributed by atoms with van der Waals surface area (Å²) in [6.45, 7) is 2.32. The lowest BCUT2D eigenvalue weighted by Crippen LogP contribution is -2.24. The molecular formula is C19H19N3O2. The van der Waals surface area contributed by atoms with Crippen LogP contribution in [0.1, 0.15) is 11.1 Å². The van der Waals surface area contributed by atoms with Gasteiger partial charge in [0.25, 0.3) is 5.91 Å². The summed E-state index contributed by atoms with van der Waals surface area (Å²) in [4.78, 5) is 12.1. The standard InChI is InChI=1S/C19H19N3O2/c1-14-8-9-18(24-2)17(10-14)21-13-16(11-20)19(23)22-12-15-6-4-3-5-7-15/h3-10,13,21H,12H2,1-2H3,(H,22,23)/b16-13-. The first kappa shape index (κ1) is 17.1. The summed E-state index contributed by atoms with van der Waals surface area (Å²) in [6.07, 6.45) is 1.39. The molecule has 0 aliphatic rings. The van der Waals surface area contributed by atoms with Crippen LogP contribution in [-0.4, -0.2) is 13.0 Å². The number of carbonyl (C=O) groups excluding carboxylic acids is 1. The molecule has 0 aromatic heterocycles. The summed E-state index contributed by atoms with van der Waals surface area (Å²) in [5.74, 6) is 0.208. The fourth-order valence-corrected chi connectivity index (χ4v) is 2.11. The van der Waals surface area contributed by atoms with Crippen molar-refractivity contribution < 1.29 is 9.53 Å². The maximum Gasteiger partial charge on any atom is 0.263 e. The molecule has 2 N–H and O–H groups in total. The minimum absolute atomic E-state index is 0.00510. The molecule has 0 spiro atoms. The number of methoxy groups -OCH3 is 1. The molecule has 122 valence electrons. The average Bonchev–Trinajstić information content (AvgIpc) is 2.61. The molecule has 2 aromatic carbocycles. The molecule has 5 heteroatoms. The van der Waals surface area contributed by atoms with Gasteiger partial charge in [-0.2, -0.15) is 5.26 Å². The first-order valence-electron chi connectivity index (χ1n) is 7.47. The van der Waals surface area contributed by atoms with Gasteiger partial charge in [-0.3, -0.25) is 4.79 Å². The molecule has 0 saturated heterocycles. The Bertz CT molecular complexity index is 777. The molecular weight excluding hydrogens is 302 g/mol. The number of ether oxygens (including phenoxy) is 1. The Labute approximate surface area is 141 Å². The highest BCUT2D eigenvalue weighted by atomic mass is 16.5. The van der Waals surface area contributed by atoms with Gasteiger partial charge in [-0.1, -0.05) is 36.4 Å². The zero-order chi connectivity index (χ0) is 17.4. The average molecular weight is 321 g/mol. The van der Waals surface area contributed by atoms with Crippen molar-refractivity contribution in [2.24, 2.45) is 0 Å². The largest absolute Gasteiger partial charge is 0.495 e. The van der Waals surface area contributed by atoms with Gasteiger partial charge in [0.05, 0.1) is 12.8 Å². The Balaban J connectivity index is 2.05. The number of nitriles is 1. The molecule has 0 bridgehead atoms. The smallest absolute Gasteiger partial charge is 0.263 e. The van der Waals surface area contributed by atoms with E-state index in [9.17, 15) is 10.1 Å². The van der Waals surface area contributed by atoms with E-state index in [1.165, 1.54) is 6.20 Å². The summed E-state index contributed by atoms with van der Waals surface area (Å²) in [5, 5.41) is 14.9. The number of carbonyl (C=O) groups is 1. The Kier molecular flexibility index (Phi) is 5.98. The number of nitrogens with zero attached hydrogens (tertiary/aromatic N) is 1. The Morgan fingerprint density at radius 1 is 1.25 bits per heavy atom. The lowest BCUT2D eigenvalue weighted by molar-refractivity contribution is -0.117. The summed E-state index contributed by atoms with van der Waals surface area (Å²) in [7, 11) is 1.57. The van der Waals surface area contributed by atoms with E-state index in [4.69, 9.17) is 4.74 Å². The van der Waals surface area contributed by atoms with Gasteiger partial charge in [0.1, 0.15) is 17.4 Å².